The largest absolute Gasteiger partial charge is 0.269 e. The van der Waals surface area contributed by atoms with E-state index in [1.807, 2.05) is 19.9 Å². The number of nitriles is 1. The normalized spacial score (nSPS) is 11.0. The summed E-state index contributed by atoms with van der Waals surface area (Å²) >= 11 is 0. The van der Waals surface area contributed by atoms with E-state index in [-0.39, 0.29) is 17.3 Å². The molecule has 0 amide bonds. The highest BCUT2D eigenvalue weighted by Crippen LogP contribution is 2.31. The Labute approximate surface area is 110 Å². The summed E-state index contributed by atoms with van der Waals surface area (Å²) in [4.78, 5) is 0. The monoisotopic (exact) mass is 261 g/mol. The molecule has 2 rings (SSSR count). The lowest BCUT2D eigenvalue weighted by atomic mass is 10.1. The van der Waals surface area contributed by atoms with Crippen molar-refractivity contribution in [2.45, 2.75) is 26.3 Å². The van der Waals surface area contributed by atoms with Crippen LogP contribution in [0.15, 0.2) is 30.5 Å². The van der Waals surface area contributed by atoms with Gasteiger partial charge < -0.3 is 0 Å². The van der Waals surface area contributed by atoms with E-state index >= 15 is 0 Å². The van der Waals surface area contributed by atoms with Crippen molar-refractivity contribution < 1.29 is 8.78 Å². The maximum atomic E-state index is 13.0. The number of hydrogen-bond donors (Lipinski definition) is 0. The summed E-state index contributed by atoms with van der Waals surface area (Å²) in [5, 5.41) is 12.9. The third kappa shape index (κ3) is 2.63. The molecule has 1 heterocycles. The third-order valence-corrected chi connectivity index (χ3v) is 2.81. The summed E-state index contributed by atoms with van der Waals surface area (Å²) in [6, 6.07) is 8.48. The van der Waals surface area contributed by atoms with Crippen LogP contribution in [0.4, 0.5) is 8.78 Å². The van der Waals surface area contributed by atoms with Gasteiger partial charge in [-0.2, -0.15) is 10.4 Å². The molecule has 0 radical (unpaired) electrons. The molecule has 0 bridgehead atoms. The number of benzene rings is 1. The van der Waals surface area contributed by atoms with Crippen LogP contribution < -0.4 is 0 Å². The second-order valence-electron chi connectivity index (χ2n) is 4.50. The highest BCUT2D eigenvalue weighted by molar-refractivity contribution is 5.64. The molecule has 2 aromatic rings. The quantitative estimate of drug-likeness (QED) is 0.839. The molecule has 0 spiro atoms. The standard InChI is InChI=1S/C14H13F2N3/c1-9(2)19-8-12(14(15)16)13(18-19)11-5-3-10(7-17)4-6-11/h3-6,8-9,14H,1-2H3. The highest BCUT2D eigenvalue weighted by atomic mass is 19.3. The SMILES string of the molecule is CC(C)n1cc(C(F)F)c(-c2ccc(C#N)cc2)n1. The van der Waals surface area contributed by atoms with Crippen LogP contribution in [0.3, 0.4) is 0 Å². The van der Waals surface area contributed by atoms with E-state index < -0.39 is 6.43 Å². The molecule has 1 aromatic carbocycles. The lowest BCUT2D eigenvalue weighted by Crippen LogP contribution is -2.00. The first-order chi connectivity index (χ1) is 9.02. The van der Waals surface area contributed by atoms with Crippen molar-refractivity contribution in [1.82, 2.24) is 9.78 Å². The van der Waals surface area contributed by atoms with Gasteiger partial charge >= 0.3 is 0 Å². The fraction of sp³-hybridized carbons (Fsp3) is 0.286. The summed E-state index contributed by atoms with van der Waals surface area (Å²) < 4.78 is 27.6. The minimum absolute atomic E-state index is 0.0182. The van der Waals surface area contributed by atoms with Gasteiger partial charge in [0.05, 0.1) is 17.2 Å². The number of hydrogen-bond acceptors (Lipinski definition) is 2. The average Bonchev–Trinajstić information content (AvgIpc) is 2.84. The van der Waals surface area contributed by atoms with Crippen LogP contribution in [0.2, 0.25) is 0 Å². The van der Waals surface area contributed by atoms with Gasteiger partial charge in [-0.1, -0.05) is 12.1 Å². The molecule has 1 aromatic heterocycles. The van der Waals surface area contributed by atoms with Crippen LogP contribution in [0.5, 0.6) is 0 Å². The van der Waals surface area contributed by atoms with Crippen LogP contribution in [-0.4, -0.2) is 9.78 Å². The number of aromatic nitrogens is 2. The third-order valence-electron chi connectivity index (χ3n) is 2.81. The molecule has 0 saturated carbocycles. The van der Waals surface area contributed by atoms with Gasteiger partial charge in [0, 0.05) is 17.8 Å². The first-order valence-corrected chi connectivity index (χ1v) is 5.90. The smallest absolute Gasteiger partial charge is 0.267 e. The molecule has 0 aliphatic rings. The molecule has 5 heteroatoms. The van der Waals surface area contributed by atoms with Crippen molar-refractivity contribution in [3.8, 4) is 17.3 Å². The molecule has 0 saturated heterocycles. The zero-order valence-corrected chi connectivity index (χ0v) is 10.6. The van der Waals surface area contributed by atoms with Crippen LogP contribution in [-0.2, 0) is 0 Å². The van der Waals surface area contributed by atoms with Crippen molar-refractivity contribution in [3.05, 3.63) is 41.6 Å². The maximum Gasteiger partial charge on any atom is 0.267 e. The first-order valence-electron chi connectivity index (χ1n) is 5.90. The number of nitrogens with zero attached hydrogens (tertiary/aromatic N) is 3. The van der Waals surface area contributed by atoms with Crippen LogP contribution in [0, 0.1) is 11.3 Å². The molecule has 19 heavy (non-hydrogen) atoms. The molecular weight excluding hydrogens is 248 g/mol. The van der Waals surface area contributed by atoms with E-state index in [2.05, 4.69) is 5.10 Å². The summed E-state index contributed by atoms with van der Waals surface area (Å²) in [5.41, 5.74) is 1.27. The molecule has 0 fully saturated rings. The fourth-order valence-electron chi connectivity index (χ4n) is 1.76. The van der Waals surface area contributed by atoms with E-state index in [0.29, 0.717) is 11.1 Å². The summed E-state index contributed by atoms with van der Waals surface area (Å²) in [7, 11) is 0. The first kappa shape index (κ1) is 13.2. The lowest BCUT2D eigenvalue weighted by Gasteiger charge is -2.03. The van der Waals surface area contributed by atoms with E-state index in [1.165, 1.54) is 10.9 Å². The van der Waals surface area contributed by atoms with Gasteiger partial charge in [-0.15, -0.1) is 0 Å². The van der Waals surface area contributed by atoms with E-state index in [0.717, 1.165) is 0 Å². The van der Waals surface area contributed by atoms with Gasteiger partial charge in [-0.05, 0) is 26.0 Å². The van der Waals surface area contributed by atoms with Gasteiger partial charge in [-0.3, -0.25) is 4.68 Å². The highest BCUT2D eigenvalue weighted by Gasteiger charge is 2.19. The van der Waals surface area contributed by atoms with Crippen molar-refractivity contribution in [2.24, 2.45) is 0 Å². The molecular formula is C14H13F2N3. The fourth-order valence-corrected chi connectivity index (χ4v) is 1.76. The Morgan fingerprint density at radius 2 is 1.84 bits per heavy atom. The van der Waals surface area contributed by atoms with Crippen LogP contribution >= 0.6 is 0 Å². The average molecular weight is 261 g/mol. The number of rotatable bonds is 3. The Morgan fingerprint density at radius 3 is 2.32 bits per heavy atom. The van der Waals surface area contributed by atoms with E-state index in [9.17, 15) is 8.78 Å². The maximum absolute atomic E-state index is 13.0. The second kappa shape index (κ2) is 5.19. The molecule has 0 aliphatic heterocycles. The zero-order valence-electron chi connectivity index (χ0n) is 10.6. The molecule has 0 aliphatic carbocycles. The Balaban J connectivity index is 2.50. The lowest BCUT2D eigenvalue weighted by molar-refractivity contribution is 0.152. The topological polar surface area (TPSA) is 41.6 Å². The van der Waals surface area contributed by atoms with Crippen molar-refractivity contribution in [2.75, 3.05) is 0 Å². The summed E-state index contributed by atoms with van der Waals surface area (Å²) in [5.74, 6) is 0. The molecule has 0 unspecified atom stereocenters. The van der Waals surface area contributed by atoms with Crippen molar-refractivity contribution >= 4 is 0 Å². The van der Waals surface area contributed by atoms with Gasteiger partial charge in [0.15, 0.2) is 0 Å². The summed E-state index contributed by atoms with van der Waals surface area (Å²) in [6.07, 6.45) is -1.19. The molecule has 3 nitrogen and oxygen atoms in total. The van der Waals surface area contributed by atoms with Gasteiger partial charge in [0.1, 0.15) is 5.69 Å². The van der Waals surface area contributed by atoms with E-state index in [1.54, 1.807) is 24.3 Å². The predicted molar refractivity (Wildman–Crippen MR) is 67.7 cm³/mol. The Hall–Kier alpha value is -2.22. The summed E-state index contributed by atoms with van der Waals surface area (Å²) in [6.45, 7) is 3.76. The molecule has 98 valence electrons. The number of halogens is 2. The minimum Gasteiger partial charge on any atom is -0.269 e. The Bertz CT molecular complexity index is 607. The Kier molecular flexibility index (Phi) is 3.61. The Morgan fingerprint density at radius 1 is 1.21 bits per heavy atom. The van der Waals surface area contributed by atoms with Crippen LogP contribution in [0.1, 0.15) is 37.4 Å². The second-order valence-corrected chi connectivity index (χ2v) is 4.50. The molecule has 0 atom stereocenters. The van der Waals surface area contributed by atoms with E-state index in [4.69, 9.17) is 5.26 Å². The minimum atomic E-state index is -2.57. The van der Waals surface area contributed by atoms with Crippen LogP contribution in [0.25, 0.3) is 11.3 Å². The molecule has 0 N–H and O–H groups in total. The van der Waals surface area contributed by atoms with Gasteiger partial charge in [0.25, 0.3) is 6.43 Å². The van der Waals surface area contributed by atoms with Gasteiger partial charge in [0.2, 0.25) is 0 Å². The van der Waals surface area contributed by atoms with Crippen molar-refractivity contribution in [3.63, 3.8) is 0 Å². The number of alkyl halides is 2. The predicted octanol–water partition coefficient (Wildman–Crippen LogP) is 3.94. The van der Waals surface area contributed by atoms with Gasteiger partial charge in [-0.25, -0.2) is 8.78 Å². The zero-order chi connectivity index (χ0) is 14.0. The van der Waals surface area contributed by atoms with Crippen molar-refractivity contribution in [1.29, 1.82) is 5.26 Å².